The average Bonchev–Trinajstić information content (AvgIpc) is 2.70. The molecule has 7 nitrogen and oxygen atoms in total. The Morgan fingerprint density at radius 1 is 1.33 bits per heavy atom. The predicted octanol–water partition coefficient (Wildman–Crippen LogP) is 1.99. The summed E-state index contributed by atoms with van der Waals surface area (Å²) in [4.78, 5) is 23.5. The third-order valence-corrected chi connectivity index (χ3v) is 5.07. The van der Waals surface area contributed by atoms with Gasteiger partial charge in [-0.25, -0.2) is 4.79 Å². The van der Waals surface area contributed by atoms with Crippen LogP contribution in [0, 0.1) is 11.3 Å². The van der Waals surface area contributed by atoms with Gasteiger partial charge in [0.05, 0.1) is 18.2 Å². The van der Waals surface area contributed by atoms with Gasteiger partial charge in [-0.2, -0.15) is 10.3 Å². The molecule has 0 spiro atoms. The molecule has 0 aromatic heterocycles. The van der Waals surface area contributed by atoms with Crippen LogP contribution in [0.15, 0.2) is 53.3 Å². The summed E-state index contributed by atoms with van der Waals surface area (Å²) in [7, 11) is 0. The van der Waals surface area contributed by atoms with Crippen molar-refractivity contribution in [1.29, 1.82) is 5.26 Å². The number of carbonyl (C=O) groups is 1. The van der Waals surface area contributed by atoms with Gasteiger partial charge in [-0.15, -0.1) is 0 Å². The Morgan fingerprint density at radius 2 is 2.19 bits per heavy atom. The highest BCUT2D eigenvalue weighted by Crippen LogP contribution is 2.25. The van der Waals surface area contributed by atoms with Gasteiger partial charge < -0.3 is 10.6 Å². The number of guanidine groups is 1. The Morgan fingerprint density at radius 3 is 3.00 bits per heavy atom. The van der Waals surface area contributed by atoms with Gasteiger partial charge in [-0.05, 0) is 30.5 Å². The van der Waals surface area contributed by atoms with Crippen LogP contribution < -0.4 is 5.73 Å². The smallest absolute Gasteiger partial charge is 0.333 e. The van der Waals surface area contributed by atoms with E-state index in [2.05, 4.69) is 11.0 Å². The number of rotatable bonds is 2. The lowest BCUT2D eigenvalue weighted by molar-refractivity contribution is 0.172. The Kier molecular flexibility index (Phi) is 4.65. The van der Waals surface area contributed by atoms with E-state index in [-0.39, 0.29) is 12.1 Å². The summed E-state index contributed by atoms with van der Waals surface area (Å²) >= 11 is 0. The van der Waals surface area contributed by atoms with Crippen LogP contribution in [0.25, 0.3) is 0 Å². The molecule has 3 aliphatic heterocycles. The number of amides is 2. The lowest BCUT2D eigenvalue weighted by Crippen LogP contribution is -2.58. The minimum atomic E-state index is -0.123. The molecule has 138 valence electrons. The van der Waals surface area contributed by atoms with Gasteiger partial charge in [-0.3, -0.25) is 9.80 Å². The van der Waals surface area contributed by atoms with Crippen molar-refractivity contribution in [3.8, 4) is 6.07 Å². The van der Waals surface area contributed by atoms with Gasteiger partial charge >= 0.3 is 6.03 Å². The number of urea groups is 1. The molecule has 0 aliphatic carbocycles. The minimum absolute atomic E-state index is 0.0723. The van der Waals surface area contributed by atoms with E-state index < -0.39 is 0 Å². The zero-order valence-electron chi connectivity index (χ0n) is 15.1. The molecular formula is C20H22N6O. The van der Waals surface area contributed by atoms with Crippen LogP contribution in [-0.2, 0) is 6.54 Å². The van der Waals surface area contributed by atoms with Gasteiger partial charge in [0.2, 0.25) is 5.96 Å². The Labute approximate surface area is 158 Å². The number of nitriles is 1. The summed E-state index contributed by atoms with van der Waals surface area (Å²) in [6.07, 6.45) is 7.65. The number of likely N-dealkylation sites (tertiary alicyclic amines) is 1. The summed E-state index contributed by atoms with van der Waals surface area (Å²) in [6.45, 7) is 2.29. The molecule has 0 saturated carbocycles. The van der Waals surface area contributed by atoms with Gasteiger partial charge in [0, 0.05) is 25.7 Å². The van der Waals surface area contributed by atoms with E-state index >= 15 is 0 Å². The second-order valence-electron chi connectivity index (χ2n) is 6.96. The number of nitrogens with zero attached hydrogens (tertiary/aromatic N) is 5. The number of hydrogen-bond acceptors (Lipinski definition) is 5. The lowest BCUT2D eigenvalue weighted by atomic mass is 10.1. The van der Waals surface area contributed by atoms with Crippen molar-refractivity contribution in [3.63, 3.8) is 0 Å². The van der Waals surface area contributed by atoms with E-state index in [0.717, 1.165) is 24.9 Å². The van der Waals surface area contributed by atoms with Crippen LogP contribution in [0.3, 0.4) is 0 Å². The topological polar surface area (TPSA) is 89.0 Å². The Hall–Kier alpha value is -3.11. The fourth-order valence-electron chi connectivity index (χ4n) is 3.68. The van der Waals surface area contributed by atoms with Crippen LogP contribution in [0.2, 0.25) is 0 Å². The number of piperidine rings is 1. The van der Waals surface area contributed by atoms with Crippen LogP contribution in [0.1, 0.15) is 24.0 Å². The molecule has 7 heteroatoms. The molecule has 1 saturated heterocycles. The number of aliphatic imine (C=N–C) groups is 1. The van der Waals surface area contributed by atoms with Crippen molar-refractivity contribution in [3.05, 3.63) is 59.4 Å². The van der Waals surface area contributed by atoms with Gasteiger partial charge in [-0.1, -0.05) is 30.4 Å². The van der Waals surface area contributed by atoms with E-state index in [1.54, 1.807) is 15.9 Å². The highest BCUT2D eigenvalue weighted by atomic mass is 16.2. The molecule has 4 rings (SSSR count). The first-order chi connectivity index (χ1) is 13.2. The molecule has 1 fully saturated rings. The van der Waals surface area contributed by atoms with E-state index in [0.29, 0.717) is 37.0 Å². The largest absolute Gasteiger partial charge is 0.341 e. The third-order valence-electron chi connectivity index (χ3n) is 5.07. The van der Waals surface area contributed by atoms with Gasteiger partial charge in [0.1, 0.15) is 5.82 Å². The van der Waals surface area contributed by atoms with Crippen molar-refractivity contribution in [2.24, 2.45) is 10.7 Å². The molecule has 1 aromatic carbocycles. The number of nitrogens with two attached hydrogens (primary N) is 1. The molecule has 27 heavy (non-hydrogen) atoms. The van der Waals surface area contributed by atoms with Crippen molar-refractivity contribution in [2.45, 2.75) is 25.4 Å². The molecule has 3 heterocycles. The van der Waals surface area contributed by atoms with Crippen molar-refractivity contribution in [1.82, 2.24) is 14.7 Å². The monoisotopic (exact) mass is 362 g/mol. The second-order valence-corrected chi connectivity index (χ2v) is 6.96. The van der Waals surface area contributed by atoms with Gasteiger partial charge in [0.25, 0.3) is 0 Å². The zero-order chi connectivity index (χ0) is 18.8. The van der Waals surface area contributed by atoms with E-state index in [1.807, 2.05) is 36.4 Å². The fourth-order valence-corrected chi connectivity index (χ4v) is 3.68. The first-order valence-corrected chi connectivity index (χ1v) is 9.20. The Balaban J connectivity index is 1.72. The standard InChI is InChI=1S/C20H22N6O/c21-12-15-6-1-2-7-16(15)13-26-19(24-10-5-8-17(22)14-24)23-18-9-3-4-11-25(18)20(26)27/h1-4,6-7,9,17H,5,8,10-11,13-14,22H2/t17-/m1/s1. The molecular weight excluding hydrogens is 340 g/mol. The summed E-state index contributed by atoms with van der Waals surface area (Å²) in [5, 5.41) is 9.41. The summed E-state index contributed by atoms with van der Waals surface area (Å²) in [5.41, 5.74) is 7.54. The number of fused-ring (bicyclic) bond motifs is 1. The van der Waals surface area contributed by atoms with Crippen molar-refractivity contribution < 1.29 is 4.79 Å². The quantitative estimate of drug-likeness (QED) is 0.871. The first-order valence-electron chi connectivity index (χ1n) is 9.20. The highest BCUT2D eigenvalue weighted by molar-refractivity contribution is 6.00. The maximum absolute atomic E-state index is 13.3. The number of allylic oxidation sites excluding steroid dienone is 2. The fraction of sp³-hybridized carbons (Fsp3) is 0.350. The molecule has 0 bridgehead atoms. The molecule has 0 unspecified atom stereocenters. The van der Waals surface area contributed by atoms with Crippen LogP contribution in [0.4, 0.5) is 4.79 Å². The second kappa shape index (κ2) is 7.25. The third kappa shape index (κ3) is 3.32. The summed E-state index contributed by atoms with van der Waals surface area (Å²) in [5.74, 6) is 1.28. The maximum Gasteiger partial charge on any atom is 0.333 e. The van der Waals surface area contributed by atoms with Crippen molar-refractivity contribution >= 4 is 12.0 Å². The molecule has 1 atom stereocenters. The molecule has 3 aliphatic rings. The van der Waals surface area contributed by atoms with E-state index in [4.69, 9.17) is 10.7 Å². The van der Waals surface area contributed by atoms with Crippen LogP contribution in [0.5, 0.6) is 0 Å². The average molecular weight is 362 g/mol. The molecule has 0 radical (unpaired) electrons. The summed E-state index contributed by atoms with van der Waals surface area (Å²) in [6, 6.07) is 9.52. The molecule has 2 N–H and O–H groups in total. The number of benzene rings is 1. The van der Waals surface area contributed by atoms with Crippen molar-refractivity contribution in [2.75, 3.05) is 19.6 Å². The molecule has 2 amide bonds. The lowest BCUT2D eigenvalue weighted by Gasteiger charge is -2.42. The zero-order valence-corrected chi connectivity index (χ0v) is 15.1. The highest BCUT2D eigenvalue weighted by Gasteiger charge is 2.36. The van der Waals surface area contributed by atoms with E-state index in [9.17, 15) is 10.1 Å². The van der Waals surface area contributed by atoms with Crippen LogP contribution in [-0.4, -0.2) is 52.4 Å². The normalized spacial score (nSPS) is 22.1. The minimum Gasteiger partial charge on any atom is -0.341 e. The SMILES string of the molecule is N#Cc1ccccc1CN1C(=O)N2CC=CC=C2N=C1N1CCC[C@@H](N)C1. The number of hydrogen-bond donors (Lipinski definition) is 1. The predicted molar refractivity (Wildman–Crippen MR) is 102 cm³/mol. The molecule has 1 aromatic rings. The van der Waals surface area contributed by atoms with Gasteiger partial charge in [0.15, 0.2) is 0 Å². The summed E-state index contributed by atoms with van der Waals surface area (Å²) < 4.78 is 0. The van der Waals surface area contributed by atoms with E-state index in [1.165, 1.54) is 0 Å². The number of carbonyl (C=O) groups excluding carboxylic acids is 1. The van der Waals surface area contributed by atoms with Crippen LogP contribution >= 0.6 is 0 Å². The first kappa shape index (κ1) is 17.3. The Bertz CT molecular complexity index is 881. The maximum atomic E-state index is 13.3.